The molecule has 0 saturated heterocycles. The van der Waals surface area contributed by atoms with Crippen LogP contribution >= 0.6 is 11.6 Å². The number of halogens is 2. The SMILES string of the molecule is Cc1ccc(-n2nc(C)c3c(C)cc(OCc4c(F)cccc4Cl)nc32)cc1. The van der Waals surface area contributed by atoms with E-state index in [0.717, 1.165) is 22.3 Å². The fraction of sp³-hybridized carbons (Fsp3) is 0.182. The van der Waals surface area contributed by atoms with Gasteiger partial charge in [0.05, 0.1) is 16.4 Å². The van der Waals surface area contributed by atoms with Crippen molar-refractivity contribution < 1.29 is 9.13 Å². The van der Waals surface area contributed by atoms with Crippen molar-refractivity contribution >= 4 is 22.6 Å². The van der Waals surface area contributed by atoms with Crippen LogP contribution < -0.4 is 4.74 Å². The molecule has 0 fully saturated rings. The van der Waals surface area contributed by atoms with Gasteiger partial charge in [-0.05, 0) is 50.6 Å². The Kier molecular flexibility index (Phi) is 4.77. The molecule has 0 spiro atoms. The Hall–Kier alpha value is -2.92. The van der Waals surface area contributed by atoms with Gasteiger partial charge >= 0.3 is 0 Å². The maximum Gasteiger partial charge on any atom is 0.215 e. The fourth-order valence-electron chi connectivity index (χ4n) is 3.23. The summed E-state index contributed by atoms with van der Waals surface area (Å²) >= 11 is 6.09. The predicted octanol–water partition coefficient (Wildman–Crippen LogP) is 5.72. The van der Waals surface area contributed by atoms with Crippen molar-refractivity contribution in [2.24, 2.45) is 0 Å². The quantitative estimate of drug-likeness (QED) is 0.444. The van der Waals surface area contributed by atoms with Crippen LogP contribution in [0.2, 0.25) is 5.02 Å². The second kappa shape index (κ2) is 7.24. The average molecular weight is 396 g/mol. The van der Waals surface area contributed by atoms with E-state index in [2.05, 4.69) is 10.1 Å². The average Bonchev–Trinajstić information content (AvgIpc) is 2.99. The summed E-state index contributed by atoms with van der Waals surface area (Å²) in [5.41, 5.74) is 5.00. The molecule has 2 aromatic heterocycles. The minimum atomic E-state index is -0.397. The highest BCUT2D eigenvalue weighted by Crippen LogP contribution is 2.28. The topological polar surface area (TPSA) is 39.9 Å². The van der Waals surface area contributed by atoms with E-state index in [-0.39, 0.29) is 6.61 Å². The molecule has 28 heavy (non-hydrogen) atoms. The fourth-order valence-corrected chi connectivity index (χ4v) is 3.45. The summed E-state index contributed by atoms with van der Waals surface area (Å²) in [5, 5.41) is 5.97. The largest absolute Gasteiger partial charge is 0.473 e. The number of aromatic nitrogens is 3. The van der Waals surface area contributed by atoms with Gasteiger partial charge < -0.3 is 4.74 Å². The molecule has 0 aliphatic heterocycles. The molecule has 6 heteroatoms. The third kappa shape index (κ3) is 3.34. The molecule has 0 N–H and O–H groups in total. The number of hydrogen-bond acceptors (Lipinski definition) is 3. The summed E-state index contributed by atoms with van der Waals surface area (Å²) in [4.78, 5) is 4.64. The lowest BCUT2D eigenvalue weighted by Crippen LogP contribution is -2.03. The Morgan fingerprint density at radius 3 is 2.54 bits per heavy atom. The number of pyridine rings is 1. The lowest BCUT2D eigenvalue weighted by Gasteiger charge is -2.10. The zero-order valence-electron chi connectivity index (χ0n) is 15.8. The summed E-state index contributed by atoms with van der Waals surface area (Å²) in [6.07, 6.45) is 0. The van der Waals surface area contributed by atoms with Gasteiger partial charge in [0.25, 0.3) is 0 Å². The van der Waals surface area contributed by atoms with Gasteiger partial charge in [0, 0.05) is 17.0 Å². The number of rotatable bonds is 4. The normalized spacial score (nSPS) is 11.2. The van der Waals surface area contributed by atoms with Crippen LogP contribution in [0.3, 0.4) is 0 Å². The smallest absolute Gasteiger partial charge is 0.215 e. The van der Waals surface area contributed by atoms with Crippen molar-refractivity contribution in [3.8, 4) is 11.6 Å². The van der Waals surface area contributed by atoms with Crippen molar-refractivity contribution in [3.63, 3.8) is 0 Å². The number of ether oxygens (including phenoxy) is 1. The van der Waals surface area contributed by atoms with Crippen LogP contribution in [0.4, 0.5) is 4.39 Å². The zero-order chi connectivity index (χ0) is 19.8. The first-order valence-electron chi connectivity index (χ1n) is 8.94. The number of hydrogen-bond donors (Lipinski definition) is 0. The molecule has 0 radical (unpaired) electrons. The molecule has 0 saturated carbocycles. The second-order valence-corrected chi connectivity index (χ2v) is 7.20. The number of aryl methyl sites for hydroxylation is 3. The standard InChI is InChI=1S/C22H19ClFN3O/c1-13-7-9-16(10-8-13)27-22-21(15(3)26-27)14(2)11-20(25-22)28-12-17-18(23)5-4-6-19(17)24/h4-11H,12H2,1-3H3. The lowest BCUT2D eigenvalue weighted by molar-refractivity contribution is 0.289. The van der Waals surface area contributed by atoms with Crippen molar-refractivity contribution in [2.45, 2.75) is 27.4 Å². The first kappa shape index (κ1) is 18.4. The molecule has 0 unspecified atom stereocenters. The molecule has 4 aromatic rings. The van der Waals surface area contributed by atoms with Crippen molar-refractivity contribution in [3.05, 3.63) is 81.8 Å². The van der Waals surface area contributed by atoms with E-state index in [1.54, 1.807) is 16.8 Å². The molecule has 0 aliphatic rings. The van der Waals surface area contributed by atoms with Crippen molar-refractivity contribution in [1.29, 1.82) is 0 Å². The van der Waals surface area contributed by atoms with Gasteiger partial charge in [-0.15, -0.1) is 0 Å². The Morgan fingerprint density at radius 1 is 1.07 bits per heavy atom. The molecule has 2 aromatic carbocycles. The molecule has 0 amide bonds. The molecular formula is C22H19ClFN3O. The Balaban J connectivity index is 1.74. The molecule has 0 aliphatic carbocycles. The lowest BCUT2D eigenvalue weighted by atomic mass is 10.1. The third-order valence-electron chi connectivity index (χ3n) is 4.69. The van der Waals surface area contributed by atoms with Crippen molar-refractivity contribution in [2.75, 3.05) is 0 Å². The molecule has 142 valence electrons. The summed E-state index contributed by atoms with van der Waals surface area (Å²) in [6, 6.07) is 14.5. The monoisotopic (exact) mass is 395 g/mol. The Bertz CT molecular complexity index is 1150. The number of benzene rings is 2. The van der Waals surface area contributed by atoms with E-state index in [1.165, 1.54) is 11.6 Å². The second-order valence-electron chi connectivity index (χ2n) is 6.80. The van der Waals surface area contributed by atoms with Crippen LogP contribution in [0.15, 0.2) is 48.5 Å². The summed E-state index contributed by atoms with van der Waals surface area (Å²) in [6.45, 7) is 5.99. The third-order valence-corrected chi connectivity index (χ3v) is 5.05. The van der Waals surface area contributed by atoms with E-state index in [9.17, 15) is 4.39 Å². The van der Waals surface area contributed by atoms with Gasteiger partial charge in [-0.2, -0.15) is 10.1 Å². The molecule has 4 nitrogen and oxygen atoms in total. The zero-order valence-corrected chi connectivity index (χ0v) is 16.6. The number of fused-ring (bicyclic) bond motifs is 1. The predicted molar refractivity (Wildman–Crippen MR) is 109 cm³/mol. The van der Waals surface area contributed by atoms with Gasteiger partial charge in [-0.25, -0.2) is 9.07 Å². The first-order chi connectivity index (χ1) is 13.4. The minimum Gasteiger partial charge on any atom is -0.473 e. The van der Waals surface area contributed by atoms with E-state index in [1.807, 2.05) is 51.1 Å². The maximum atomic E-state index is 14.0. The first-order valence-corrected chi connectivity index (χ1v) is 9.31. The highest BCUT2D eigenvalue weighted by Gasteiger charge is 2.16. The summed E-state index contributed by atoms with van der Waals surface area (Å²) < 4.78 is 21.6. The van der Waals surface area contributed by atoms with Crippen LogP contribution in [0, 0.1) is 26.6 Å². The van der Waals surface area contributed by atoms with Crippen LogP contribution in [0.5, 0.6) is 5.88 Å². The van der Waals surface area contributed by atoms with Gasteiger partial charge in [-0.1, -0.05) is 35.4 Å². The molecule has 0 atom stereocenters. The van der Waals surface area contributed by atoms with E-state index >= 15 is 0 Å². The molecular weight excluding hydrogens is 377 g/mol. The van der Waals surface area contributed by atoms with E-state index in [4.69, 9.17) is 16.3 Å². The molecule has 0 bridgehead atoms. The van der Waals surface area contributed by atoms with Gasteiger partial charge in [0.15, 0.2) is 5.65 Å². The highest BCUT2D eigenvalue weighted by molar-refractivity contribution is 6.31. The molecule has 2 heterocycles. The molecule has 4 rings (SSSR count). The maximum absolute atomic E-state index is 14.0. The van der Waals surface area contributed by atoms with Crippen LogP contribution in [-0.2, 0) is 6.61 Å². The Morgan fingerprint density at radius 2 is 1.82 bits per heavy atom. The van der Waals surface area contributed by atoms with E-state index in [0.29, 0.717) is 22.1 Å². The minimum absolute atomic E-state index is 0.00110. The highest BCUT2D eigenvalue weighted by atomic mass is 35.5. The van der Waals surface area contributed by atoms with Gasteiger partial charge in [0.1, 0.15) is 12.4 Å². The number of nitrogens with zero attached hydrogens (tertiary/aromatic N) is 3. The van der Waals surface area contributed by atoms with Crippen molar-refractivity contribution in [1.82, 2.24) is 14.8 Å². The Labute approximate surface area is 167 Å². The van der Waals surface area contributed by atoms with Crippen LogP contribution in [-0.4, -0.2) is 14.8 Å². The van der Waals surface area contributed by atoms with Gasteiger partial charge in [0.2, 0.25) is 5.88 Å². The van der Waals surface area contributed by atoms with Crippen LogP contribution in [0.25, 0.3) is 16.7 Å². The van der Waals surface area contributed by atoms with Crippen LogP contribution in [0.1, 0.15) is 22.4 Å². The van der Waals surface area contributed by atoms with E-state index < -0.39 is 5.82 Å². The van der Waals surface area contributed by atoms with Gasteiger partial charge in [-0.3, -0.25) is 0 Å². The summed E-state index contributed by atoms with van der Waals surface area (Å²) in [7, 11) is 0. The summed E-state index contributed by atoms with van der Waals surface area (Å²) in [5.74, 6) is 0.00317.